The van der Waals surface area contributed by atoms with Gasteiger partial charge in [-0.2, -0.15) is 26.3 Å². The minimum absolute atomic E-state index is 0.778. The molecule has 1 N–H and O–H groups in total. The lowest BCUT2D eigenvalue weighted by Crippen LogP contribution is -2.56. The van der Waals surface area contributed by atoms with E-state index in [4.69, 9.17) is 0 Å². The van der Waals surface area contributed by atoms with Crippen molar-refractivity contribution >= 4 is 20.0 Å². The number of sulfonamides is 2. The second kappa shape index (κ2) is 11.8. The number of rotatable bonds is 9. The molecule has 1 aliphatic rings. The fourth-order valence-electron chi connectivity index (χ4n) is 2.65. The molecule has 30 heavy (non-hydrogen) atoms. The van der Waals surface area contributed by atoms with Crippen LogP contribution >= 0.6 is 0 Å². The number of likely N-dealkylation sites (N-methyl/N-ethyl adjacent to an activating group) is 1. The Labute approximate surface area is 173 Å². The van der Waals surface area contributed by atoms with Crippen LogP contribution in [0.3, 0.4) is 0 Å². The molecular weight excluding hydrogens is 464 g/mol. The van der Waals surface area contributed by atoms with E-state index in [1.165, 1.54) is 75.7 Å². The van der Waals surface area contributed by atoms with Gasteiger partial charge in [0.05, 0.1) is 26.7 Å². The van der Waals surface area contributed by atoms with E-state index in [0.717, 1.165) is 4.13 Å². The highest BCUT2D eigenvalue weighted by atomic mass is 32.3. The number of hydrogen-bond donors (Lipinski definition) is 1. The normalized spacial score (nSPS) is 17.9. The molecule has 7 nitrogen and oxygen atoms in total. The molecule has 0 spiro atoms. The van der Waals surface area contributed by atoms with Gasteiger partial charge in [-0.05, 0) is 12.8 Å². The van der Waals surface area contributed by atoms with Crippen LogP contribution in [-0.4, -0.2) is 72.1 Å². The van der Waals surface area contributed by atoms with Gasteiger partial charge in [-0.1, -0.05) is 32.6 Å². The number of nitrogens with zero attached hydrogens (tertiary/aromatic N) is 2. The third kappa shape index (κ3) is 10.6. The first kappa shape index (κ1) is 29.4. The van der Waals surface area contributed by atoms with Gasteiger partial charge in [0.15, 0.2) is 20.0 Å². The summed E-state index contributed by atoms with van der Waals surface area (Å²) in [6.45, 7) is 8.77. The first-order chi connectivity index (χ1) is 13.5. The molecule has 0 unspecified atom stereocenters. The maximum atomic E-state index is 11.4. The molecule has 0 saturated carbocycles. The Balaban J connectivity index is 0.000000561. The van der Waals surface area contributed by atoms with Crippen LogP contribution in [0.2, 0.25) is 0 Å². The van der Waals surface area contributed by atoms with Gasteiger partial charge in [0.1, 0.15) is 0 Å². The topological polar surface area (TPSA) is 94.4 Å². The Bertz CT molecular complexity index is 661. The number of halogens is 6. The van der Waals surface area contributed by atoms with E-state index in [9.17, 15) is 43.2 Å². The van der Waals surface area contributed by atoms with Crippen LogP contribution < -0.4 is 5.32 Å². The molecule has 0 radical (unpaired) electrons. The monoisotopic (exact) mass is 493 g/mol. The summed E-state index contributed by atoms with van der Waals surface area (Å²) in [6, 6.07) is 0. The van der Waals surface area contributed by atoms with E-state index in [-0.39, 0.29) is 0 Å². The minimum atomic E-state index is -6.72. The number of quaternary nitrogens is 1. The van der Waals surface area contributed by atoms with E-state index in [2.05, 4.69) is 19.3 Å². The molecule has 0 aromatic heterocycles. The summed E-state index contributed by atoms with van der Waals surface area (Å²) in [6.07, 6.45) is 8.56. The lowest BCUT2D eigenvalue weighted by Gasteiger charge is -2.38. The van der Waals surface area contributed by atoms with Gasteiger partial charge in [0.2, 0.25) is 0 Å². The lowest BCUT2D eigenvalue weighted by molar-refractivity contribution is -0.911. The van der Waals surface area contributed by atoms with Crippen LogP contribution in [0, 0.1) is 0 Å². The van der Waals surface area contributed by atoms with Crippen LogP contribution in [0.25, 0.3) is 4.13 Å². The molecule has 1 fully saturated rings. The summed E-state index contributed by atoms with van der Waals surface area (Å²) < 4.78 is 110. The zero-order valence-electron chi connectivity index (χ0n) is 16.9. The third-order valence-corrected chi connectivity index (χ3v) is 7.23. The van der Waals surface area contributed by atoms with Gasteiger partial charge in [-0.15, -0.1) is 0 Å². The molecule has 0 aromatic rings. The van der Waals surface area contributed by atoms with Crippen LogP contribution in [-0.2, 0) is 20.0 Å². The minimum Gasteiger partial charge on any atom is -0.421 e. The zero-order chi connectivity index (χ0) is 23.7. The van der Waals surface area contributed by atoms with Crippen molar-refractivity contribution < 1.29 is 47.7 Å². The van der Waals surface area contributed by atoms with E-state index < -0.39 is 31.1 Å². The average Bonchev–Trinajstić information content (AvgIpc) is 2.56. The molecule has 1 aliphatic heterocycles. The van der Waals surface area contributed by atoms with Gasteiger partial charge >= 0.3 is 11.0 Å². The van der Waals surface area contributed by atoms with Crippen molar-refractivity contribution in [2.45, 2.75) is 56.5 Å². The maximum Gasteiger partial charge on any atom is 0.480 e. The summed E-state index contributed by atoms with van der Waals surface area (Å²) in [5.74, 6) is 0. The summed E-state index contributed by atoms with van der Waals surface area (Å²) >= 11 is 0. The second-order valence-electron chi connectivity index (χ2n) is 7.22. The van der Waals surface area contributed by atoms with Crippen molar-refractivity contribution in [2.75, 3.05) is 39.8 Å². The first-order valence-electron chi connectivity index (χ1n) is 9.38. The van der Waals surface area contributed by atoms with Gasteiger partial charge in [-0.3, -0.25) is 0 Å². The van der Waals surface area contributed by atoms with Crippen molar-refractivity contribution in [3.05, 3.63) is 4.13 Å². The molecule has 15 heteroatoms. The van der Waals surface area contributed by atoms with Gasteiger partial charge in [-0.25, -0.2) is 16.8 Å². The number of alkyl halides is 6. The highest BCUT2D eigenvalue weighted by molar-refractivity contribution is 8.13. The lowest BCUT2D eigenvalue weighted by atomic mass is 10.1. The maximum absolute atomic E-state index is 11.4. The number of piperazine rings is 1. The van der Waals surface area contributed by atoms with Crippen LogP contribution in [0.4, 0.5) is 26.3 Å². The van der Waals surface area contributed by atoms with Crippen molar-refractivity contribution in [3.63, 3.8) is 0 Å². The largest absolute Gasteiger partial charge is 0.480 e. The predicted molar refractivity (Wildman–Crippen MR) is 100 cm³/mol. The number of unbranched alkanes of at least 4 members (excludes halogenated alkanes) is 5. The molecule has 0 bridgehead atoms. The Kier molecular flexibility index (Phi) is 11.6. The fourth-order valence-corrected chi connectivity index (χ4v) is 4.36. The molecule has 1 rings (SSSR count). The first-order valence-corrected chi connectivity index (χ1v) is 12.3. The van der Waals surface area contributed by atoms with E-state index in [1.54, 1.807) is 0 Å². The Hall–Kier alpha value is -0.640. The Morgan fingerprint density at radius 2 is 1.20 bits per heavy atom. The number of hydrogen-bond acceptors (Lipinski definition) is 5. The molecule has 0 aromatic carbocycles. The molecule has 0 atom stereocenters. The molecule has 0 amide bonds. The van der Waals surface area contributed by atoms with E-state index >= 15 is 0 Å². The summed E-state index contributed by atoms with van der Waals surface area (Å²) in [5, 5.41) is 3.44. The van der Waals surface area contributed by atoms with Crippen molar-refractivity contribution in [1.29, 1.82) is 0 Å². The average molecular weight is 494 g/mol. The highest BCUT2D eigenvalue weighted by Gasteiger charge is 2.46. The predicted octanol–water partition coefficient (Wildman–Crippen LogP) is 3.46. The van der Waals surface area contributed by atoms with Crippen LogP contribution in [0.1, 0.15) is 45.4 Å². The van der Waals surface area contributed by atoms with Crippen LogP contribution in [0.15, 0.2) is 0 Å². The van der Waals surface area contributed by atoms with Crippen LogP contribution in [0.5, 0.6) is 0 Å². The van der Waals surface area contributed by atoms with Gasteiger partial charge in [0.25, 0.3) is 0 Å². The quantitative estimate of drug-likeness (QED) is 0.302. The van der Waals surface area contributed by atoms with Gasteiger partial charge < -0.3 is 13.9 Å². The molecular formula is C15H29F6N3O4S2. The van der Waals surface area contributed by atoms with E-state index in [0.29, 0.717) is 0 Å². The number of nitrogens with one attached hydrogen (secondary N) is 1. The Morgan fingerprint density at radius 3 is 1.60 bits per heavy atom. The molecule has 0 aliphatic carbocycles. The third-order valence-electron chi connectivity index (χ3n) is 4.49. The molecule has 182 valence electrons. The highest BCUT2D eigenvalue weighted by Crippen LogP contribution is 2.36. The van der Waals surface area contributed by atoms with Gasteiger partial charge in [0, 0.05) is 13.1 Å². The van der Waals surface area contributed by atoms with Crippen molar-refractivity contribution in [3.8, 4) is 0 Å². The standard InChI is InChI=1S/C13H29N2.C2F6NO4S2/c1-3-4-5-6-7-8-11-15(2)12-9-14-10-13-15;3-1(4,5)14(10,11)9-15(12,13)2(6,7)8/h14H,3-13H2,1-2H3;/q+1;-1. The van der Waals surface area contributed by atoms with E-state index in [1.807, 2.05) is 0 Å². The Morgan fingerprint density at radius 1 is 0.800 bits per heavy atom. The fraction of sp³-hybridized carbons (Fsp3) is 1.00. The summed E-state index contributed by atoms with van der Waals surface area (Å²) in [5.41, 5.74) is -12.4. The molecule has 1 heterocycles. The smallest absolute Gasteiger partial charge is 0.421 e. The SMILES string of the molecule is CCCCCCCC[N+]1(C)CCNCC1.O=S(=O)([N-]S(=O)(=O)C(F)(F)F)C(F)(F)F. The summed E-state index contributed by atoms with van der Waals surface area (Å²) in [4.78, 5) is 0. The van der Waals surface area contributed by atoms with Crippen molar-refractivity contribution in [1.82, 2.24) is 5.32 Å². The van der Waals surface area contributed by atoms with Crippen molar-refractivity contribution in [2.24, 2.45) is 0 Å². The second-order valence-corrected chi connectivity index (χ2v) is 10.6. The summed E-state index contributed by atoms with van der Waals surface area (Å²) in [7, 11) is -11.0. The molecule has 1 saturated heterocycles. The zero-order valence-corrected chi connectivity index (χ0v) is 18.5.